The summed E-state index contributed by atoms with van der Waals surface area (Å²) in [6.07, 6.45) is 4.60. The van der Waals surface area contributed by atoms with E-state index < -0.39 is 0 Å². The zero-order valence-corrected chi connectivity index (χ0v) is 12.3. The smallest absolute Gasteiger partial charge is 0.306 e. The Morgan fingerprint density at radius 2 is 1.95 bits per heavy atom. The highest BCUT2D eigenvalue weighted by molar-refractivity contribution is 5.81. The van der Waals surface area contributed by atoms with Gasteiger partial charge in [-0.15, -0.1) is 0 Å². The molecule has 20 heavy (non-hydrogen) atoms. The number of hydrogen-bond acceptors (Lipinski definition) is 4. The van der Waals surface area contributed by atoms with Crippen LogP contribution in [0.4, 0.5) is 0 Å². The van der Waals surface area contributed by atoms with E-state index in [-0.39, 0.29) is 30.8 Å². The molecule has 0 aliphatic heterocycles. The normalized spacial score (nSPS) is 11.8. The highest BCUT2D eigenvalue weighted by Gasteiger charge is 2.20. The molecule has 1 rings (SSSR count). The lowest BCUT2D eigenvalue weighted by Crippen LogP contribution is -2.38. The molecule has 1 atom stereocenters. The van der Waals surface area contributed by atoms with Crippen molar-refractivity contribution in [3.63, 3.8) is 0 Å². The van der Waals surface area contributed by atoms with Gasteiger partial charge in [0.15, 0.2) is 0 Å². The molecule has 5 nitrogen and oxygen atoms in total. The van der Waals surface area contributed by atoms with E-state index in [1.54, 1.807) is 17.3 Å². The van der Waals surface area contributed by atoms with Crippen molar-refractivity contribution in [1.29, 1.82) is 0 Å². The van der Waals surface area contributed by atoms with Gasteiger partial charge in [0, 0.05) is 31.4 Å². The summed E-state index contributed by atoms with van der Waals surface area (Å²) in [6.45, 7) is 4.59. The SMILES string of the molecule is CC[C@@H](C)N(Cc1ccncc1)C(=O)CCC(=O)OC. The Hall–Kier alpha value is -1.91. The first-order valence-corrected chi connectivity index (χ1v) is 6.83. The minimum absolute atomic E-state index is 0.0263. The van der Waals surface area contributed by atoms with Crippen molar-refractivity contribution in [2.45, 2.75) is 45.7 Å². The summed E-state index contributed by atoms with van der Waals surface area (Å²) in [5.74, 6) is -0.382. The fourth-order valence-electron chi connectivity index (χ4n) is 1.85. The number of esters is 1. The predicted octanol–water partition coefficient (Wildman–Crippen LogP) is 2.16. The van der Waals surface area contributed by atoms with E-state index in [0.29, 0.717) is 6.54 Å². The van der Waals surface area contributed by atoms with Crippen molar-refractivity contribution in [2.75, 3.05) is 7.11 Å². The fourth-order valence-corrected chi connectivity index (χ4v) is 1.85. The summed E-state index contributed by atoms with van der Waals surface area (Å²) in [6, 6.07) is 3.92. The highest BCUT2D eigenvalue weighted by Crippen LogP contribution is 2.13. The second kappa shape index (κ2) is 8.30. The molecule has 0 radical (unpaired) electrons. The molecule has 0 N–H and O–H groups in total. The van der Waals surface area contributed by atoms with E-state index in [0.717, 1.165) is 12.0 Å². The molecule has 0 saturated heterocycles. The maximum absolute atomic E-state index is 12.3. The Bertz CT molecular complexity index is 434. The average molecular weight is 278 g/mol. The molecular weight excluding hydrogens is 256 g/mol. The second-order valence-corrected chi connectivity index (χ2v) is 4.71. The van der Waals surface area contributed by atoms with E-state index in [1.165, 1.54) is 7.11 Å². The third kappa shape index (κ3) is 4.99. The minimum Gasteiger partial charge on any atom is -0.469 e. The number of carbonyl (C=O) groups is 2. The topological polar surface area (TPSA) is 59.5 Å². The van der Waals surface area contributed by atoms with Crippen LogP contribution in [-0.2, 0) is 20.9 Å². The van der Waals surface area contributed by atoms with E-state index in [4.69, 9.17) is 0 Å². The molecule has 1 amide bonds. The summed E-state index contributed by atoms with van der Waals surface area (Å²) in [5.41, 5.74) is 1.03. The van der Waals surface area contributed by atoms with Crippen molar-refractivity contribution in [2.24, 2.45) is 0 Å². The third-order valence-corrected chi connectivity index (χ3v) is 3.32. The van der Waals surface area contributed by atoms with E-state index in [9.17, 15) is 9.59 Å². The summed E-state index contributed by atoms with van der Waals surface area (Å²) in [4.78, 5) is 29.2. The lowest BCUT2D eigenvalue weighted by molar-refractivity contribution is -0.144. The number of pyridine rings is 1. The monoisotopic (exact) mass is 278 g/mol. The number of rotatable bonds is 7. The van der Waals surface area contributed by atoms with Gasteiger partial charge in [0.1, 0.15) is 0 Å². The van der Waals surface area contributed by atoms with E-state index >= 15 is 0 Å². The average Bonchev–Trinajstić information content (AvgIpc) is 2.50. The van der Waals surface area contributed by atoms with Crippen LogP contribution in [0.5, 0.6) is 0 Å². The Labute approximate surface area is 119 Å². The Balaban J connectivity index is 2.69. The number of carbonyl (C=O) groups excluding carboxylic acids is 2. The van der Waals surface area contributed by atoms with Gasteiger partial charge in [0.05, 0.1) is 13.5 Å². The van der Waals surface area contributed by atoms with Crippen LogP contribution in [0.25, 0.3) is 0 Å². The summed E-state index contributed by atoms with van der Waals surface area (Å²) in [7, 11) is 1.33. The first-order valence-electron chi connectivity index (χ1n) is 6.83. The molecule has 0 spiro atoms. The molecule has 5 heteroatoms. The molecule has 1 aromatic rings. The maximum Gasteiger partial charge on any atom is 0.306 e. The molecule has 1 heterocycles. The van der Waals surface area contributed by atoms with Crippen molar-refractivity contribution in [3.8, 4) is 0 Å². The van der Waals surface area contributed by atoms with Crippen LogP contribution in [-0.4, -0.2) is 34.9 Å². The molecule has 0 aliphatic carbocycles. The van der Waals surface area contributed by atoms with Crippen LogP contribution < -0.4 is 0 Å². The molecule has 0 saturated carbocycles. The Morgan fingerprint density at radius 1 is 1.30 bits per heavy atom. The second-order valence-electron chi connectivity index (χ2n) is 4.71. The number of aromatic nitrogens is 1. The molecule has 0 fully saturated rings. The zero-order valence-electron chi connectivity index (χ0n) is 12.3. The van der Waals surface area contributed by atoms with Crippen molar-refractivity contribution in [3.05, 3.63) is 30.1 Å². The maximum atomic E-state index is 12.3. The molecule has 0 aliphatic rings. The Kier molecular flexibility index (Phi) is 6.70. The van der Waals surface area contributed by atoms with E-state index in [2.05, 4.69) is 9.72 Å². The van der Waals surface area contributed by atoms with Gasteiger partial charge in [-0.2, -0.15) is 0 Å². The third-order valence-electron chi connectivity index (χ3n) is 3.32. The molecule has 0 unspecified atom stereocenters. The quantitative estimate of drug-likeness (QED) is 0.717. The van der Waals surface area contributed by atoms with Gasteiger partial charge in [-0.1, -0.05) is 6.92 Å². The number of amides is 1. The largest absolute Gasteiger partial charge is 0.469 e. The molecule has 1 aromatic heterocycles. The van der Waals surface area contributed by atoms with Crippen LogP contribution in [0.1, 0.15) is 38.7 Å². The van der Waals surface area contributed by atoms with Crippen LogP contribution >= 0.6 is 0 Å². The fraction of sp³-hybridized carbons (Fsp3) is 0.533. The minimum atomic E-state index is -0.355. The number of methoxy groups -OCH3 is 1. The van der Waals surface area contributed by atoms with Crippen LogP contribution in [0.15, 0.2) is 24.5 Å². The highest BCUT2D eigenvalue weighted by atomic mass is 16.5. The first-order chi connectivity index (χ1) is 9.58. The molecular formula is C15H22N2O3. The summed E-state index contributed by atoms with van der Waals surface area (Å²) in [5, 5.41) is 0. The number of nitrogens with zero attached hydrogens (tertiary/aromatic N) is 2. The standard InChI is InChI=1S/C15H22N2O3/c1-4-12(2)17(11-13-7-9-16-10-8-13)14(18)5-6-15(19)20-3/h7-10,12H,4-6,11H2,1-3H3/t12-/m1/s1. The lowest BCUT2D eigenvalue weighted by atomic mass is 10.1. The van der Waals surface area contributed by atoms with Crippen LogP contribution in [0.2, 0.25) is 0 Å². The van der Waals surface area contributed by atoms with Crippen molar-refractivity contribution >= 4 is 11.9 Å². The van der Waals surface area contributed by atoms with Gasteiger partial charge >= 0.3 is 5.97 Å². The molecule has 0 aromatic carbocycles. The number of ether oxygens (including phenoxy) is 1. The van der Waals surface area contributed by atoms with Gasteiger partial charge in [-0.3, -0.25) is 14.6 Å². The van der Waals surface area contributed by atoms with Gasteiger partial charge in [0.2, 0.25) is 5.91 Å². The summed E-state index contributed by atoms with van der Waals surface area (Å²) < 4.78 is 4.57. The van der Waals surface area contributed by atoms with Gasteiger partial charge < -0.3 is 9.64 Å². The first kappa shape index (κ1) is 16.1. The lowest BCUT2D eigenvalue weighted by Gasteiger charge is -2.28. The van der Waals surface area contributed by atoms with Gasteiger partial charge in [-0.25, -0.2) is 0 Å². The number of hydrogen-bond donors (Lipinski definition) is 0. The van der Waals surface area contributed by atoms with E-state index in [1.807, 2.05) is 26.0 Å². The molecule has 0 bridgehead atoms. The van der Waals surface area contributed by atoms with Crippen LogP contribution in [0.3, 0.4) is 0 Å². The Morgan fingerprint density at radius 3 is 2.50 bits per heavy atom. The van der Waals surface area contributed by atoms with Crippen molar-refractivity contribution in [1.82, 2.24) is 9.88 Å². The van der Waals surface area contributed by atoms with Gasteiger partial charge in [0.25, 0.3) is 0 Å². The van der Waals surface area contributed by atoms with Gasteiger partial charge in [-0.05, 0) is 31.0 Å². The zero-order chi connectivity index (χ0) is 15.0. The molecule has 110 valence electrons. The summed E-state index contributed by atoms with van der Waals surface area (Å²) >= 11 is 0. The predicted molar refractivity (Wildman–Crippen MR) is 75.8 cm³/mol. The van der Waals surface area contributed by atoms with Crippen LogP contribution in [0, 0.1) is 0 Å². The van der Waals surface area contributed by atoms with Crippen molar-refractivity contribution < 1.29 is 14.3 Å².